The van der Waals surface area contributed by atoms with Crippen LogP contribution >= 0.6 is 0 Å². The number of carbonyl (C=O) groups excluding carboxylic acids is 1. The molecule has 1 N–H and O–H groups in total. The molecule has 0 atom stereocenters. The van der Waals surface area contributed by atoms with Gasteiger partial charge in [-0.2, -0.15) is 0 Å². The molecule has 1 aromatic heterocycles. The maximum Gasteiger partial charge on any atom is 0.338 e. The summed E-state index contributed by atoms with van der Waals surface area (Å²) in [4.78, 5) is 25.3. The fraction of sp³-hybridized carbons (Fsp3) is 0.333. The monoisotopic (exact) mass is 329 g/mol. The van der Waals surface area contributed by atoms with Crippen LogP contribution in [0.3, 0.4) is 0 Å². The molecule has 24 heavy (non-hydrogen) atoms. The second kappa shape index (κ2) is 5.19. The minimum Gasteiger partial charge on any atom is -0.478 e. The highest BCUT2D eigenvalue weighted by atomic mass is 19.1. The van der Waals surface area contributed by atoms with Gasteiger partial charge >= 0.3 is 5.97 Å². The van der Waals surface area contributed by atoms with Crippen LogP contribution in [0.25, 0.3) is 0 Å². The zero-order valence-corrected chi connectivity index (χ0v) is 12.9. The Morgan fingerprint density at radius 3 is 2.67 bits per heavy atom. The number of anilines is 1. The number of hydrogen-bond donors (Lipinski definition) is 1. The van der Waals surface area contributed by atoms with E-state index in [1.807, 2.05) is 0 Å². The van der Waals surface area contributed by atoms with E-state index in [0.29, 0.717) is 17.8 Å². The van der Waals surface area contributed by atoms with Crippen LogP contribution in [0, 0.1) is 5.82 Å². The van der Waals surface area contributed by atoms with Gasteiger partial charge < -0.3 is 14.4 Å². The van der Waals surface area contributed by atoms with Crippen molar-refractivity contribution in [2.75, 3.05) is 11.4 Å². The van der Waals surface area contributed by atoms with Gasteiger partial charge in [0.2, 0.25) is 0 Å². The second-order valence-corrected chi connectivity index (χ2v) is 6.52. The minimum absolute atomic E-state index is 0.0438. The molecule has 0 radical (unpaired) electrons. The molecule has 2 aromatic rings. The van der Waals surface area contributed by atoms with E-state index in [1.54, 1.807) is 12.1 Å². The standard InChI is InChI=1S/C18H16FNO4/c19-12-4-3-5-13-15(12)18(6-1-2-7-18)10-20(13)16(21)14-8-11(9-24-14)17(22)23/h3-5,8-9H,1-2,6-7,10H2,(H,22,23). The van der Waals surface area contributed by atoms with E-state index in [9.17, 15) is 14.0 Å². The number of carboxylic acids is 1. The number of carbonyl (C=O) groups is 2. The Kier molecular flexibility index (Phi) is 3.23. The number of amides is 1. The highest BCUT2D eigenvalue weighted by Crippen LogP contribution is 2.51. The van der Waals surface area contributed by atoms with Crippen molar-refractivity contribution in [3.05, 3.63) is 53.2 Å². The first-order chi connectivity index (χ1) is 11.5. The van der Waals surface area contributed by atoms with Gasteiger partial charge in [-0.3, -0.25) is 4.79 Å². The molecule has 2 aliphatic rings. The fourth-order valence-electron chi connectivity index (χ4n) is 4.06. The quantitative estimate of drug-likeness (QED) is 0.914. The average Bonchev–Trinajstić information content (AvgIpc) is 3.28. The van der Waals surface area contributed by atoms with Gasteiger partial charge in [0.25, 0.3) is 5.91 Å². The van der Waals surface area contributed by atoms with Crippen LogP contribution in [0.2, 0.25) is 0 Å². The number of benzene rings is 1. The van der Waals surface area contributed by atoms with Crippen LogP contribution in [0.1, 0.15) is 52.2 Å². The lowest BCUT2D eigenvalue weighted by Crippen LogP contribution is -2.35. The Balaban J connectivity index is 1.75. The van der Waals surface area contributed by atoms with Crippen molar-refractivity contribution in [2.24, 2.45) is 0 Å². The largest absolute Gasteiger partial charge is 0.478 e. The average molecular weight is 329 g/mol. The number of fused-ring (bicyclic) bond motifs is 2. The minimum atomic E-state index is -1.15. The van der Waals surface area contributed by atoms with Crippen molar-refractivity contribution in [1.82, 2.24) is 0 Å². The summed E-state index contributed by atoms with van der Waals surface area (Å²) < 4.78 is 19.6. The number of carboxylic acid groups (broad SMARTS) is 1. The highest BCUT2D eigenvalue weighted by Gasteiger charge is 2.48. The molecule has 124 valence electrons. The van der Waals surface area contributed by atoms with Gasteiger partial charge in [-0.1, -0.05) is 18.9 Å². The first-order valence-corrected chi connectivity index (χ1v) is 7.94. The van der Waals surface area contributed by atoms with Crippen molar-refractivity contribution in [1.29, 1.82) is 0 Å². The Labute approximate surface area is 137 Å². The molecule has 1 aliphatic heterocycles. The van der Waals surface area contributed by atoms with E-state index in [-0.39, 0.29) is 22.6 Å². The normalized spacial score (nSPS) is 18.1. The first kappa shape index (κ1) is 14.9. The summed E-state index contributed by atoms with van der Waals surface area (Å²) in [6.07, 6.45) is 4.77. The third-order valence-corrected chi connectivity index (χ3v) is 5.14. The molecule has 6 heteroatoms. The predicted octanol–water partition coefficient (Wildman–Crippen LogP) is 3.59. The number of aromatic carboxylic acids is 1. The van der Waals surface area contributed by atoms with E-state index >= 15 is 0 Å². The van der Waals surface area contributed by atoms with Crippen LogP contribution in [0.4, 0.5) is 10.1 Å². The zero-order chi connectivity index (χ0) is 16.9. The van der Waals surface area contributed by atoms with Gasteiger partial charge in [-0.25, -0.2) is 9.18 Å². The van der Waals surface area contributed by atoms with Crippen molar-refractivity contribution in [2.45, 2.75) is 31.1 Å². The summed E-state index contributed by atoms with van der Waals surface area (Å²) >= 11 is 0. The summed E-state index contributed by atoms with van der Waals surface area (Å²) in [5.41, 5.74) is 0.766. The molecular weight excluding hydrogens is 313 g/mol. The number of halogens is 1. The van der Waals surface area contributed by atoms with Crippen molar-refractivity contribution in [3.63, 3.8) is 0 Å². The summed E-state index contributed by atoms with van der Waals surface area (Å²) in [5.74, 6) is -1.91. The SMILES string of the molecule is O=C(O)c1coc(C(=O)N2CC3(CCCC3)c3c(F)cccc32)c1. The van der Waals surface area contributed by atoms with Crippen molar-refractivity contribution < 1.29 is 23.5 Å². The van der Waals surface area contributed by atoms with Crippen LogP contribution in [0.15, 0.2) is 34.9 Å². The first-order valence-electron chi connectivity index (χ1n) is 7.94. The van der Waals surface area contributed by atoms with Crippen molar-refractivity contribution >= 4 is 17.6 Å². The van der Waals surface area contributed by atoms with Crippen LogP contribution < -0.4 is 4.90 Å². The molecule has 4 rings (SSSR count). The Morgan fingerprint density at radius 1 is 1.25 bits per heavy atom. The Bertz CT molecular complexity index is 835. The predicted molar refractivity (Wildman–Crippen MR) is 83.9 cm³/mol. The lowest BCUT2D eigenvalue weighted by Gasteiger charge is -2.24. The van der Waals surface area contributed by atoms with Gasteiger partial charge in [0, 0.05) is 23.6 Å². The molecule has 0 unspecified atom stereocenters. The Hall–Kier alpha value is -2.63. The van der Waals surface area contributed by atoms with E-state index in [2.05, 4.69) is 0 Å². The van der Waals surface area contributed by atoms with E-state index in [4.69, 9.17) is 9.52 Å². The molecule has 1 spiro atoms. The van der Waals surface area contributed by atoms with Crippen molar-refractivity contribution in [3.8, 4) is 0 Å². The molecule has 0 bridgehead atoms. The molecule has 1 aromatic carbocycles. The fourth-order valence-corrected chi connectivity index (χ4v) is 4.06. The van der Waals surface area contributed by atoms with Crippen LogP contribution in [-0.2, 0) is 5.41 Å². The maximum absolute atomic E-state index is 14.5. The molecule has 1 amide bonds. The Morgan fingerprint density at radius 2 is 2.00 bits per heavy atom. The van der Waals surface area contributed by atoms with E-state index in [0.717, 1.165) is 31.9 Å². The second-order valence-electron chi connectivity index (χ2n) is 6.52. The smallest absolute Gasteiger partial charge is 0.338 e. The number of furan rings is 1. The molecule has 1 aliphatic carbocycles. The highest BCUT2D eigenvalue weighted by molar-refractivity contribution is 6.07. The molecule has 5 nitrogen and oxygen atoms in total. The molecule has 1 saturated carbocycles. The van der Waals surface area contributed by atoms with E-state index < -0.39 is 11.9 Å². The summed E-state index contributed by atoms with van der Waals surface area (Å²) in [6.45, 7) is 0.408. The number of rotatable bonds is 2. The molecule has 1 fully saturated rings. The third-order valence-electron chi connectivity index (χ3n) is 5.14. The molecule has 2 heterocycles. The van der Waals surface area contributed by atoms with Gasteiger partial charge in [0.05, 0.1) is 11.3 Å². The van der Waals surface area contributed by atoms with E-state index in [1.165, 1.54) is 17.0 Å². The summed E-state index contributed by atoms with van der Waals surface area (Å²) in [7, 11) is 0. The van der Waals surface area contributed by atoms with Gasteiger partial charge in [0.1, 0.15) is 12.1 Å². The number of nitrogens with zero attached hydrogens (tertiary/aromatic N) is 1. The van der Waals surface area contributed by atoms with Crippen LogP contribution in [0.5, 0.6) is 0 Å². The van der Waals surface area contributed by atoms with Gasteiger partial charge in [-0.15, -0.1) is 0 Å². The lowest BCUT2D eigenvalue weighted by molar-refractivity contribution is 0.0696. The third kappa shape index (κ3) is 2.06. The molecular formula is C18H16FNO4. The summed E-state index contributed by atoms with van der Waals surface area (Å²) in [5, 5.41) is 8.97. The zero-order valence-electron chi connectivity index (χ0n) is 12.9. The lowest BCUT2D eigenvalue weighted by atomic mass is 9.80. The van der Waals surface area contributed by atoms with Crippen LogP contribution in [-0.4, -0.2) is 23.5 Å². The van der Waals surface area contributed by atoms with Gasteiger partial charge in [-0.05, 0) is 25.0 Å². The van der Waals surface area contributed by atoms with Gasteiger partial charge in [0.15, 0.2) is 5.76 Å². The number of hydrogen-bond acceptors (Lipinski definition) is 3. The molecule has 0 saturated heterocycles. The maximum atomic E-state index is 14.5. The topological polar surface area (TPSA) is 70.7 Å². The summed E-state index contributed by atoms with van der Waals surface area (Å²) in [6, 6.07) is 5.98.